The van der Waals surface area contributed by atoms with Crippen LogP contribution in [0.4, 0.5) is 0 Å². The van der Waals surface area contributed by atoms with Gasteiger partial charge in [-0.2, -0.15) is 0 Å². The number of likely N-dealkylation sites (N-methyl/N-ethyl adjacent to an activating group) is 1. The molecule has 0 radical (unpaired) electrons. The first kappa shape index (κ1) is 11.5. The zero-order valence-corrected chi connectivity index (χ0v) is 10.6. The third-order valence-corrected chi connectivity index (χ3v) is 5.58. The van der Waals surface area contributed by atoms with Gasteiger partial charge in [0.15, 0.2) is 0 Å². The van der Waals surface area contributed by atoms with E-state index in [-0.39, 0.29) is 6.04 Å². The van der Waals surface area contributed by atoms with Crippen LogP contribution in [0.15, 0.2) is 0 Å². The molecule has 4 fully saturated rings. The summed E-state index contributed by atoms with van der Waals surface area (Å²) >= 11 is 0. The predicted octanol–water partition coefficient (Wildman–Crippen LogP) is 2.12. The van der Waals surface area contributed by atoms with E-state index >= 15 is 0 Å². The topological polar surface area (TPSA) is 49.3 Å². The van der Waals surface area contributed by atoms with Gasteiger partial charge in [-0.15, -0.1) is 0 Å². The molecule has 0 saturated heterocycles. The van der Waals surface area contributed by atoms with E-state index in [1.165, 1.54) is 32.1 Å². The fraction of sp³-hybridized carbons (Fsp3) is 0.929. The average molecular weight is 237 g/mol. The van der Waals surface area contributed by atoms with Crippen LogP contribution in [0.2, 0.25) is 0 Å². The molecular weight excluding hydrogens is 214 g/mol. The molecule has 3 heteroatoms. The highest BCUT2D eigenvalue weighted by atomic mass is 16.4. The third kappa shape index (κ3) is 1.99. The van der Waals surface area contributed by atoms with Crippen molar-refractivity contribution in [1.82, 2.24) is 5.32 Å². The Morgan fingerprint density at radius 1 is 1.18 bits per heavy atom. The maximum atomic E-state index is 11.1. The van der Waals surface area contributed by atoms with Crippen molar-refractivity contribution in [3.8, 4) is 0 Å². The molecule has 4 saturated carbocycles. The van der Waals surface area contributed by atoms with Crippen molar-refractivity contribution >= 4 is 5.97 Å². The molecular formula is C14H23NO2. The van der Waals surface area contributed by atoms with Crippen LogP contribution in [0.5, 0.6) is 0 Å². The molecule has 96 valence electrons. The van der Waals surface area contributed by atoms with Crippen LogP contribution in [0.1, 0.15) is 38.5 Å². The Bertz CT molecular complexity index is 287. The van der Waals surface area contributed by atoms with Crippen LogP contribution < -0.4 is 5.32 Å². The Hall–Kier alpha value is -0.570. The second-order valence-corrected chi connectivity index (χ2v) is 6.51. The van der Waals surface area contributed by atoms with Crippen LogP contribution in [0.25, 0.3) is 0 Å². The van der Waals surface area contributed by atoms with Gasteiger partial charge in [-0.05, 0) is 75.2 Å². The van der Waals surface area contributed by atoms with Gasteiger partial charge in [0.2, 0.25) is 0 Å². The van der Waals surface area contributed by atoms with E-state index in [4.69, 9.17) is 5.11 Å². The van der Waals surface area contributed by atoms with E-state index in [2.05, 4.69) is 5.32 Å². The van der Waals surface area contributed by atoms with E-state index in [0.717, 1.165) is 30.1 Å². The lowest BCUT2D eigenvalue weighted by Gasteiger charge is -2.55. The highest BCUT2D eigenvalue weighted by Crippen LogP contribution is 2.57. The molecule has 4 bridgehead atoms. The van der Waals surface area contributed by atoms with Gasteiger partial charge in [-0.25, -0.2) is 0 Å². The largest absolute Gasteiger partial charge is 0.480 e. The summed E-state index contributed by atoms with van der Waals surface area (Å²) in [7, 11) is 1.77. The number of carboxylic acids is 1. The van der Waals surface area contributed by atoms with Crippen LogP contribution >= 0.6 is 0 Å². The smallest absolute Gasteiger partial charge is 0.320 e. The van der Waals surface area contributed by atoms with Gasteiger partial charge in [0.25, 0.3) is 0 Å². The van der Waals surface area contributed by atoms with Gasteiger partial charge >= 0.3 is 5.97 Å². The van der Waals surface area contributed by atoms with E-state index < -0.39 is 5.97 Å². The minimum atomic E-state index is -0.679. The number of carboxylic acid groups (broad SMARTS) is 1. The van der Waals surface area contributed by atoms with Crippen LogP contribution in [-0.2, 0) is 4.79 Å². The molecule has 3 nitrogen and oxygen atoms in total. The van der Waals surface area contributed by atoms with Crippen molar-refractivity contribution in [2.45, 2.75) is 44.6 Å². The monoisotopic (exact) mass is 237 g/mol. The first-order valence-electron chi connectivity index (χ1n) is 7.07. The molecule has 1 unspecified atom stereocenters. The van der Waals surface area contributed by atoms with Crippen molar-refractivity contribution in [1.29, 1.82) is 0 Å². The number of aliphatic carboxylic acids is 1. The molecule has 0 aromatic heterocycles. The molecule has 0 amide bonds. The Morgan fingerprint density at radius 3 is 2.12 bits per heavy atom. The number of rotatable bonds is 4. The van der Waals surface area contributed by atoms with Crippen LogP contribution in [0, 0.1) is 29.6 Å². The number of hydrogen-bond acceptors (Lipinski definition) is 2. The average Bonchev–Trinajstić information content (AvgIpc) is 2.27. The Morgan fingerprint density at radius 2 is 1.71 bits per heavy atom. The standard InChI is InChI=1S/C14H23NO2/c1-15-13(14(16)17)7-12-10-3-8-2-9(5-10)6-11(12)4-8/h8-13,15H,2-7H2,1H3,(H,16,17). The van der Waals surface area contributed by atoms with E-state index in [9.17, 15) is 4.79 Å². The van der Waals surface area contributed by atoms with Gasteiger partial charge < -0.3 is 10.4 Å². The normalized spacial score (nSPS) is 44.9. The van der Waals surface area contributed by atoms with Crippen molar-refractivity contribution < 1.29 is 9.90 Å². The van der Waals surface area contributed by atoms with Gasteiger partial charge in [-0.1, -0.05) is 0 Å². The summed E-state index contributed by atoms with van der Waals surface area (Å²) in [5, 5.41) is 12.1. The summed E-state index contributed by atoms with van der Waals surface area (Å²) in [4.78, 5) is 11.1. The van der Waals surface area contributed by atoms with Crippen molar-refractivity contribution in [3.63, 3.8) is 0 Å². The molecule has 0 aromatic rings. The minimum Gasteiger partial charge on any atom is -0.480 e. The summed E-state index contributed by atoms with van der Waals surface area (Å²) in [6, 6.07) is -0.336. The summed E-state index contributed by atoms with van der Waals surface area (Å²) in [5.74, 6) is 3.62. The van der Waals surface area contributed by atoms with E-state index in [0.29, 0.717) is 5.92 Å². The Balaban J connectivity index is 1.69. The molecule has 4 aliphatic rings. The van der Waals surface area contributed by atoms with Gasteiger partial charge in [0.1, 0.15) is 6.04 Å². The highest BCUT2D eigenvalue weighted by Gasteiger charge is 2.48. The maximum Gasteiger partial charge on any atom is 0.320 e. The number of nitrogens with one attached hydrogen (secondary N) is 1. The Kier molecular flexibility index (Phi) is 2.89. The third-order valence-electron chi connectivity index (χ3n) is 5.58. The van der Waals surface area contributed by atoms with E-state index in [1.807, 2.05) is 0 Å². The van der Waals surface area contributed by atoms with Gasteiger partial charge in [-0.3, -0.25) is 4.79 Å². The van der Waals surface area contributed by atoms with Crippen LogP contribution in [-0.4, -0.2) is 24.2 Å². The zero-order chi connectivity index (χ0) is 12.0. The molecule has 17 heavy (non-hydrogen) atoms. The lowest BCUT2D eigenvalue weighted by Crippen LogP contribution is -2.48. The maximum absolute atomic E-state index is 11.1. The molecule has 4 rings (SSSR count). The molecule has 0 aliphatic heterocycles. The fourth-order valence-electron chi connectivity index (χ4n) is 5.04. The van der Waals surface area contributed by atoms with Crippen molar-refractivity contribution in [3.05, 3.63) is 0 Å². The van der Waals surface area contributed by atoms with Crippen LogP contribution in [0.3, 0.4) is 0 Å². The first-order chi connectivity index (χ1) is 8.17. The second-order valence-electron chi connectivity index (χ2n) is 6.51. The first-order valence-corrected chi connectivity index (χ1v) is 7.07. The van der Waals surface area contributed by atoms with Crippen molar-refractivity contribution in [2.24, 2.45) is 29.6 Å². The summed E-state index contributed by atoms with van der Waals surface area (Å²) in [6.07, 6.45) is 7.84. The lowest BCUT2D eigenvalue weighted by atomic mass is 9.51. The minimum absolute atomic E-state index is 0.336. The lowest BCUT2D eigenvalue weighted by molar-refractivity contribution is -0.141. The number of carbonyl (C=O) groups is 1. The number of hydrogen-bond donors (Lipinski definition) is 2. The fourth-order valence-corrected chi connectivity index (χ4v) is 5.04. The molecule has 0 aromatic carbocycles. The zero-order valence-electron chi connectivity index (χ0n) is 10.6. The van der Waals surface area contributed by atoms with Gasteiger partial charge in [0.05, 0.1) is 0 Å². The molecule has 2 N–H and O–H groups in total. The quantitative estimate of drug-likeness (QED) is 0.787. The van der Waals surface area contributed by atoms with Gasteiger partial charge in [0, 0.05) is 0 Å². The molecule has 0 spiro atoms. The summed E-state index contributed by atoms with van der Waals surface area (Å²) in [5.41, 5.74) is 0. The SMILES string of the molecule is CNC(CC1C2CC3CC(C2)CC1C3)C(=O)O. The predicted molar refractivity (Wildman–Crippen MR) is 65.6 cm³/mol. The summed E-state index contributed by atoms with van der Waals surface area (Å²) in [6.45, 7) is 0. The molecule has 0 heterocycles. The highest BCUT2D eigenvalue weighted by molar-refractivity contribution is 5.73. The van der Waals surface area contributed by atoms with Crippen molar-refractivity contribution in [2.75, 3.05) is 7.05 Å². The second kappa shape index (κ2) is 4.27. The Labute approximate surface area is 103 Å². The van der Waals surface area contributed by atoms with E-state index in [1.54, 1.807) is 7.05 Å². The molecule has 4 aliphatic carbocycles. The molecule has 1 atom stereocenters. The summed E-state index contributed by atoms with van der Waals surface area (Å²) < 4.78 is 0.